The third-order valence-corrected chi connectivity index (χ3v) is 2.05. The highest BCUT2D eigenvalue weighted by Crippen LogP contribution is 2.13. The van der Waals surface area contributed by atoms with Crippen LogP contribution >= 0.6 is 0 Å². The van der Waals surface area contributed by atoms with E-state index in [1.165, 1.54) is 0 Å². The van der Waals surface area contributed by atoms with Gasteiger partial charge in [-0.25, -0.2) is 4.79 Å². The zero-order valence-corrected chi connectivity index (χ0v) is 8.05. The number of rotatable bonds is 4. The predicted octanol–water partition coefficient (Wildman–Crippen LogP) is 1.85. The van der Waals surface area contributed by atoms with Gasteiger partial charge in [-0.05, 0) is 30.5 Å². The topological polar surface area (TPSA) is 77.8 Å². The van der Waals surface area contributed by atoms with Gasteiger partial charge in [0.1, 0.15) is 5.75 Å². The molecule has 15 heavy (non-hydrogen) atoms. The lowest BCUT2D eigenvalue weighted by molar-refractivity contribution is -0.132. The second-order valence-corrected chi connectivity index (χ2v) is 3.13. The molecule has 1 aromatic carbocycles. The summed E-state index contributed by atoms with van der Waals surface area (Å²) in [7, 11) is 0. The number of aryl methyl sites for hydroxylation is 1. The van der Waals surface area contributed by atoms with Crippen molar-refractivity contribution < 1.29 is 20.1 Å². The van der Waals surface area contributed by atoms with Gasteiger partial charge in [0.25, 0.3) is 0 Å². The molecule has 80 valence electrons. The quantitative estimate of drug-likeness (QED) is 0.521. The molecule has 0 aliphatic heterocycles. The van der Waals surface area contributed by atoms with E-state index in [4.69, 9.17) is 15.3 Å². The summed E-state index contributed by atoms with van der Waals surface area (Å²) in [5, 5.41) is 26.3. The Hall–Kier alpha value is -1.97. The van der Waals surface area contributed by atoms with Crippen LogP contribution in [0.15, 0.2) is 36.1 Å². The molecule has 0 amide bonds. The normalized spacial score (nSPS) is 11.3. The van der Waals surface area contributed by atoms with Gasteiger partial charge in [0.2, 0.25) is 0 Å². The Labute approximate surface area is 87.1 Å². The van der Waals surface area contributed by atoms with Crippen LogP contribution < -0.4 is 0 Å². The molecule has 0 aliphatic carbocycles. The summed E-state index contributed by atoms with van der Waals surface area (Å²) in [5.74, 6) is -0.939. The Morgan fingerprint density at radius 2 is 1.87 bits per heavy atom. The smallest absolute Gasteiger partial charge is 0.334 e. The molecule has 0 radical (unpaired) electrons. The van der Waals surface area contributed by atoms with E-state index in [9.17, 15) is 4.79 Å². The molecule has 0 aromatic heterocycles. The van der Waals surface area contributed by atoms with Gasteiger partial charge in [-0.15, -0.1) is 0 Å². The summed E-state index contributed by atoms with van der Waals surface area (Å²) < 4.78 is 0. The van der Waals surface area contributed by atoms with E-state index < -0.39 is 5.97 Å². The fourth-order valence-electron chi connectivity index (χ4n) is 1.17. The summed E-state index contributed by atoms with van der Waals surface area (Å²) in [6, 6.07) is 6.51. The van der Waals surface area contributed by atoms with E-state index in [0.717, 1.165) is 5.56 Å². The van der Waals surface area contributed by atoms with Crippen molar-refractivity contribution in [3.05, 3.63) is 41.7 Å². The lowest BCUT2D eigenvalue weighted by Crippen LogP contribution is -2.02. The number of carboxylic acid groups (broad SMARTS) is 1. The molecule has 0 saturated carbocycles. The average Bonchev–Trinajstić information content (AvgIpc) is 2.21. The van der Waals surface area contributed by atoms with Crippen molar-refractivity contribution in [1.29, 1.82) is 0 Å². The van der Waals surface area contributed by atoms with Gasteiger partial charge in [0.15, 0.2) is 0 Å². The molecule has 0 bridgehead atoms. The first-order chi connectivity index (χ1) is 7.13. The van der Waals surface area contributed by atoms with Gasteiger partial charge >= 0.3 is 5.97 Å². The van der Waals surface area contributed by atoms with E-state index >= 15 is 0 Å². The van der Waals surface area contributed by atoms with Crippen molar-refractivity contribution in [1.82, 2.24) is 0 Å². The van der Waals surface area contributed by atoms with Crippen LogP contribution in [0, 0.1) is 0 Å². The molecule has 0 spiro atoms. The zero-order chi connectivity index (χ0) is 11.3. The number of aromatic hydroxyl groups is 1. The highest BCUT2D eigenvalue weighted by molar-refractivity contribution is 5.86. The lowest BCUT2D eigenvalue weighted by Gasteiger charge is -2.01. The summed E-state index contributed by atoms with van der Waals surface area (Å²) in [6.07, 6.45) is 1.39. The highest BCUT2D eigenvalue weighted by Gasteiger charge is 2.07. The van der Waals surface area contributed by atoms with Crippen LogP contribution in [-0.2, 0) is 11.2 Å². The van der Waals surface area contributed by atoms with Crippen LogP contribution in [0.2, 0.25) is 0 Å². The lowest BCUT2D eigenvalue weighted by atomic mass is 10.1. The molecular weight excluding hydrogens is 196 g/mol. The molecule has 0 unspecified atom stereocenters. The number of carboxylic acids is 1. The second-order valence-electron chi connectivity index (χ2n) is 3.13. The number of phenolic OH excluding ortho intramolecular Hbond substituents is 1. The molecule has 0 aliphatic rings. The average molecular weight is 208 g/mol. The van der Waals surface area contributed by atoms with E-state index in [1.807, 2.05) is 0 Å². The third kappa shape index (κ3) is 3.34. The number of carbonyl (C=O) groups is 1. The van der Waals surface area contributed by atoms with Gasteiger partial charge in [-0.2, -0.15) is 0 Å². The molecule has 0 saturated heterocycles. The van der Waals surface area contributed by atoms with E-state index in [-0.39, 0.29) is 17.7 Å². The zero-order valence-electron chi connectivity index (χ0n) is 8.05. The summed E-state index contributed by atoms with van der Waals surface area (Å²) in [5.41, 5.74) is 0.886. The molecule has 1 rings (SSSR count). The number of phenols is 1. The first-order valence-corrected chi connectivity index (χ1v) is 4.48. The van der Waals surface area contributed by atoms with Crippen LogP contribution in [0.1, 0.15) is 12.0 Å². The van der Waals surface area contributed by atoms with E-state index in [2.05, 4.69) is 0 Å². The largest absolute Gasteiger partial charge is 0.515 e. The van der Waals surface area contributed by atoms with Gasteiger partial charge in [-0.1, -0.05) is 12.1 Å². The second kappa shape index (κ2) is 5.05. The maximum absolute atomic E-state index is 10.5. The molecule has 4 nitrogen and oxygen atoms in total. The molecule has 1 aromatic rings. The minimum atomic E-state index is -1.11. The van der Waals surface area contributed by atoms with Crippen molar-refractivity contribution in [3.8, 4) is 5.75 Å². The van der Waals surface area contributed by atoms with Crippen LogP contribution in [0.25, 0.3) is 0 Å². The number of aliphatic carboxylic acids is 1. The van der Waals surface area contributed by atoms with Crippen molar-refractivity contribution in [3.63, 3.8) is 0 Å². The predicted molar refractivity (Wildman–Crippen MR) is 54.8 cm³/mol. The molecule has 0 atom stereocenters. The van der Waals surface area contributed by atoms with Crippen molar-refractivity contribution in [2.75, 3.05) is 0 Å². The standard InChI is InChI=1S/C11H12O4/c12-7-9(11(14)15)4-1-8-2-5-10(13)6-3-8/h2-3,5-7,12-13H,1,4H2,(H,14,15). The van der Waals surface area contributed by atoms with Crippen LogP contribution in [0.4, 0.5) is 0 Å². The van der Waals surface area contributed by atoms with E-state index in [1.54, 1.807) is 24.3 Å². The van der Waals surface area contributed by atoms with Crippen molar-refractivity contribution >= 4 is 5.97 Å². The number of benzene rings is 1. The number of aliphatic hydroxyl groups excluding tert-OH is 1. The highest BCUT2D eigenvalue weighted by atomic mass is 16.4. The maximum Gasteiger partial charge on any atom is 0.334 e. The number of aliphatic hydroxyl groups is 1. The van der Waals surface area contributed by atoms with Crippen molar-refractivity contribution in [2.24, 2.45) is 0 Å². The summed E-state index contributed by atoms with van der Waals surface area (Å²) in [4.78, 5) is 10.5. The number of hydrogen-bond donors (Lipinski definition) is 3. The molecule has 0 heterocycles. The first kappa shape index (κ1) is 11.1. The molecule has 3 N–H and O–H groups in total. The summed E-state index contributed by atoms with van der Waals surface area (Å²) >= 11 is 0. The Morgan fingerprint density at radius 3 is 2.33 bits per heavy atom. The van der Waals surface area contributed by atoms with Crippen LogP contribution in [-0.4, -0.2) is 21.3 Å². The Balaban J connectivity index is 2.57. The monoisotopic (exact) mass is 208 g/mol. The van der Waals surface area contributed by atoms with Crippen LogP contribution in [0.5, 0.6) is 5.75 Å². The Kier molecular flexibility index (Phi) is 3.74. The Bertz CT molecular complexity index is 365. The molecule has 0 fully saturated rings. The van der Waals surface area contributed by atoms with Crippen molar-refractivity contribution in [2.45, 2.75) is 12.8 Å². The number of hydrogen-bond acceptors (Lipinski definition) is 3. The maximum atomic E-state index is 10.5. The molecular formula is C11H12O4. The molecule has 4 heteroatoms. The fourth-order valence-corrected chi connectivity index (χ4v) is 1.17. The van der Waals surface area contributed by atoms with Crippen LogP contribution in [0.3, 0.4) is 0 Å². The van der Waals surface area contributed by atoms with Gasteiger partial charge < -0.3 is 15.3 Å². The minimum Gasteiger partial charge on any atom is -0.515 e. The summed E-state index contributed by atoms with van der Waals surface area (Å²) in [6.45, 7) is 0. The van der Waals surface area contributed by atoms with Gasteiger partial charge in [0, 0.05) is 0 Å². The fraction of sp³-hybridized carbons (Fsp3) is 0.182. The Morgan fingerprint density at radius 1 is 1.27 bits per heavy atom. The van der Waals surface area contributed by atoms with E-state index in [0.29, 0.717) is 12.7 Å². The first-order valence-electron chi connectivity index (χ1n) is 4.48. The van der Waals surface area contributed by atoms with Gasteiger partial charge in [-0.3, -0.25) is 0 Å². The van der Waals surface area contributed by atoms with Gasteiger partial charge in [0.05, 0.1) is 11.8 Å². The minimum absolute atomic E-state index is 0.0249. The third-order valence-electron chi connectivity index (χ3n) is 2.05. The SMILES string of the molecule is O=C(O)C(=CO)CCc1ccc(O)cc1.